The molecule has 0 aliphatic carbocycles. The molecule has 0 radical (unpaired) electrons. The largest absolute Gasteiger partial charge is 0.486 e. The number of hydrogen-bond donors (Lipinski definition) is 1. The highest BCUT2D eigenvalue weighted by Crippen LogP contribution is 2.18. The summed E-state index contributed by atoms with van der Waals surface area (Å²) < 4.78 is 21.4. The third kappa shape index (κ3) is 5.30. The number of rotatable bonds is 8. The molecule has 1 N–H and O–H groups in total. The maximum absolute atomic E-state index is 12.2. The zero-order valence-electron chi connectivity index (χ0n) is 15.4. The van der Waals surface area contributed by atoms with Gasteiger partial charge in [0.15, 0.2) is 5.82 Å². The molecule has 1 aromatic carbocycles. The van der Waals surface area contributed by atoms with Crippen molar-refractivity contribution in [3.05, 3.63) is 41.7 Å². The first-order valence-electron chi connectivity index (χ1n) is 8.76. The van der Waals surface area contributed by atoms with E-state index in [2.05, 4.69) is 15.3 Å². The summed E-state index contributed by atoms with van der Waals surface area (Å²) in [6.07, 6.45) is 2.16. The molecule has 8 nitrogen and oxygen atoms in total. The van der Waals surface area contributed by atoms with Crippen LogP contribution in [0.2, 0.25) is 0 Å². The summed E-state index contributed by atoms with van der Waals surface area (Å²) in [6.45, 7) is 1.46. The Hall–Kier alpha value is -2.87. The summed E-state index contributed by atoms with van der Waals surface area (Å²) in [7, 11) is 3.05. The molecule has 1 saturated heterocycles. The van der Waals surface area contributed by atoms with Gasteiger partial charge in [-0.2, -0.15) is 9.97 Å². The van der Waals surface area contributed by atoms with Gasteiger partial charge in [0.05, 0.1) is 26.4 Å². The summed E-state index contributed by atoms with van der Waals surface area (Å²) in [5.41, 5.74) is 0.569. The zero-order valence-corrected chi connectivity index (χ0v) is 15.4. The van der Waals surface area contributed by atoms with Gasteiger partial charge < -0.3 is 24.3 Å². The van der Waals surface area contributed by atoms with E-state index in [1.807, 2.05) is 0 Å². The number of benzene rings is 1. The topological polar surface area (TPSA) is 91.8 Å². The highest BCUT2D eigenvalue weighted by atomic mass is 16.5. The minimum atomic E-state index is -0.127. The van der Waals surface area contributed by atoms with Gasteiger partial charge in [-0.25, -0.2) is 0 Å². The second-order valence-electron chi connectivity index (χ2n) is 6.03. The fraction of sp³-hybridized carbons (Fsp3) is 0.421. The number of carbonyl (C=O) groups is 1. The van der Waals surface area contributed by atoms with Crippen LogP contribution in [0.25, 0.3) is 0 Å². The number of ether oxygens (including phenoxy) is 4. The number of amides is 1. The van der Waals surface area contributed by atoms with Gasteiger partial charge in [0.2, 0.25) is 11.8 Å². The van der Waals surface area contributed by atoms with Crippen molar-refractivity contribution in [3.8, 4) is 17.5 Å². The van der Waals surface area contributed by atoms with E-state index >= 15 is 0 Å². The lowest BCUT2D eigenvalue weighted by Gasteiger charge is -2.11. The quantitative estimate of drug-likeness (QED) is 0.756. The molecule has 144 valence electrons. The van der Waals surface area contributed by atoms with Crippen molar-refractivity contribution in [2.75, 3.05) is 27.4 Å². The summed E-state index contributed by atoms with van der Waals surface area (Å²) in [5, 5.41) is 2.89. The molecule has 1 aliphatic rings. The Morgan fingerprint density at radius 3 is 2.48 bits per heavy atom. The normalized spacial score (nSPS) is 16.0. The van der Waals surface area contributed by atoms with Crippen molar-refractivity contribution in [1.82, 2.24) is 15.3 Å². The smallest absolute Gasteiger partial charge is 0.251 e. The van der Waals surface area contributed by atoms with Crippen LogP contribution in [0.3, 0.4) is 0 Å². The molecule has 1 aromatic heterocycles. The predicted octanol–water partition coefficient (Wildman–Crippen LogP) is 1.98. The number of aromatic nitrogens is 2. The van der Waals surface area contributed by atoms with E-state index in [1.165, 1.54) is 14.2 Å². The first kappa shape index (κ1) is 18.9. The first-order valence-corrected chi connectivity index (χ1v) is 8.76. The van der Waals surface area contributed by atoms with Crippen LogP contribution < -0.4 is 19.5 Å². The Bertz CT molecular complexity index is 738. The van der Waals surface area contributed by atoms with E-state index in [1.54, 1.807) is 30.3 Å². The number of nitrogens with one attached hydrogen (secondary N) is 1. The number of carbonyl (C=O) groups excluding carboxylic acids is 1. The average Bonchev–Trinajstić information content (AvgIpc) is 3.24. The molecule has 2 heterocycles. The fourth-order valence-corrected chi connectivity index (χ4v) is 2.69. The standard InChI is InChI=1S/C19H23N3O5/c1-24-17-10-18(25-2)22-16(21-17)12-27-14-7-5-13(6-8-14)19(23)20-11-15-4-3-9-26-15/h5-8,10,15H,3-4,9,11-12H2,1-2H3,(H,20,23). The van der Waals surface area contributed by atoms with Gasteiger partial charge in [0, 0.05) is 18.7 Å². The maximum atomic E-state index is 12.2. The molecule has 3 rings (SSSR count). The Balaban J connectivity index is 1.53. The molecule has 0 spiro atoms. The van der Waals surface area contributed by atoms with Crippen molar-refractivity contribution in [2.45, 2.75) is 25.6 Å². The van der Waals surface area contributed by atoms with Crippen molar-refractivity contribution >= 4 is 5.91 Å². The van der Waals surface area contributed by atoms with E-state index in [4.69, 9.17) is 18.9 Å². The van der Waals surface area contributed by atoms with Crippen molar-refractivity contribution in [1.29, 1.82) is 0 Å². The molecule has 0 bridgehead atoms. The second-order valence-corrected chi connectivity index (χ2v) is 6.03. The number of hydrogen-bond acceptors (Lipinski definition) is 7. The van der Waals surface area contributed by atoms with E-state index in [-0.39, 0.29) is 18.6 Å². The monoisotopic (exact) mass is 373 g/mol. The second kappa shape index (κ2) is 9.18. The fourth-order valence-electron chi connectivity index (χ4n) is 2.69. The highest BCUT2D eigenvalue weighted by Gasteiger charge is 2.16. The van der Waals surface area contributed by atoms with Crippen molar-refractivity contribution in [2.24, 2.45) is 0 Å². The summed E-state index contributed by atoms with van der Waals surface area (Å²) in [4.78, 5) is 20.6. The predicted molar refractivity (Wildman–Crippen MR) is 97.2 cm³/mol. The molecule has 27 heavy (non-hydrogen) atoms. The summed E-state index contributed by atoms with van der Waals surface area (Å²) >= 11 is 0. The first-order chi connectivity index (χ1) is 13.2. The number of methoxy groups -OCH3 is 2. The van der Waals surface area contributed by atoms with Crippen LogP contribution in [0, 0.1) is 0 Å². The van der Waals surface area contributed by atoms with Crippen LogP contribution in [-0.2, 0) is 11.3 Å². The Morgan fingerprint density at radius 2 is 1.89 bits per heavy atom. The molecule has 8 heteroatoms. The van der Waals surface area contributed by atoms with Crippen molar-refractivity contribution in [3.63, 3.8) is 0 Å². The Morgan fingerprint density at radius 1 is 1.19 bits per heavy atom. The molecular weight excluding hydrogens is 350 g/mol. The maximum Gasteiger partial charge on any atom is 0.251 e. The van der Waals surface area contributed by atoms with Gasteiger partial charge in [0.25, 0.3) is 5.91 Å². The van der Waals surface area contributed by atoms with Gasteiger partial charge in [-0.1, -0.05) is 0 Å². The van der Waals surface area contributed by atoms with Crippen molar-refractivity contribution < 1.29 is 23.7 Å². The molecule has 1 aliphatic heterocycles. The minimum absolute atomic E-state index is 0.122. The van der Waals surface area contributed by atoms with Crippen LogP contribution in [0.15, 0.2) is 30.3 Å². The van der Waals surface area contributed by atoms with Gasteiger partial charge in [-0.3, -0.25) is 4.79 Å². The SMILES string of the molecule is COc1cc(OC)nc(COc2ccc(C(=O)NCC3CCCO3)cc2)n1. The highest BCUT2D eigenvalue weighted by molar-refractivity contribution is 5.94. The van der Waals surface area contributed by atoms with E-state index in [0.29, 0.717) is 35.4 Å². The van der Waals surface area contributed by atoms with Crippen LogP contribution in [0.5, 0.6) is 17.5 Å². The molecule has 1 amide bonds. The molecule has 1 fully saturated rings. The number of nitrogens with zero attached hydrogens (tertiary/aromatic N) is 2. The van der Waals surface area contributed by atoms with Crippen LogP contribution >= 0.6 is 0 Å². The molecular formula is C19H23N3O5. The Labute approximate surface area is 157 Å². The third-order valence-corrected chi connectivity index (χ3v) is 4.14. The molecule has 1 unspecified atom stereocenters. The molecule has 0 saturated carbocycles. The third-order valence-electron chi connectivity index (χ3n) is 4.14. The van der Waals surface area contributed by atoms with Gasteiger partial charge in [-0.15, -0.1) is 0 Å². The zero-order chi connectivity index (χ0) is 19.1. The molecule has 1 atom stereocenters. The van der Waals surface area contributed by atoms with Crippen LogP contribution in [0.1, 0.15) is 29.0 Å². The van der Waals surface area contributed by atoms with E-state index < -0.39 is 0 Å². The van der Waals surface area contributed by atoms with Gasteiger partial charge in [-0.05, 0) is 37.1 Å². The van der Waals surface area contributed by atoms with Gasteiger partial charge in [0.1, 0.15) is 12.4 Å². The van der Waals surface area contributed by atoms with E-state index in [0.717, 1.165) is 19.4 Å². The average molecular weight is 373 g/mol. The lowest BCUT2D eigenvalue weighted by molar-refractivity contribution is 0.0857. The van der Waals surface area contributed by atoms with Gasteiger partial charge >= 0.3 is 0 Å². The lowest BCUT2D eigenvalue weighted by Crippen LogP contribution is -2.31. The lowest BCUT2D eigenvalue weighted by atomic mass is 10.2. The summed E-state index contributed by atoms with van der Waals surface area (Å²) in [6, 6.07) is 8.49. The van der Waals surface area contributed by atoms with Crippen LogP contribution in [-0.4, -0.2) is 49.4 Å². The summed E-state index contributed by atoms with van der Waals surface area (Å²) in [5.74, 6) is 1.72. The Kier molecular flexibility index (Phi) is 6.43. The van der Waals surface area contributed by atoms with Crippen LogP contribution in [0.4, 0.5) is 0 Å². The van der Waals surface area contributed by atoms with E-state index in [9.17, 15) is 4.79 Å². The molecule has 2 aromatic rings. The minimum Gasteiger partial charge on any atom is -0.486 e.